The number of hydrogen-bond acceptors (Lipinski definition) is 3. The monoisotopic (exact) mass is 291 g/mol. The summed E-state index contributed by atoms with van der Waals surface area (Å²) in [5.41, 5.74) is 3.94. The number of nitrogens with zero attached hydrogens (tertiary/aromatic N) is 3. The van der Waals surface area contributed by atoms with Crippen molar-refractivity contribution in [1.29, 1.82) is 0 Å². The summed E-state index contributed by atoms with van der Waals surface area (Å²) in [7, 11) is 0. The van der Waals surface area contributed by atoms with Crippen LogP contribution in [0.15, 0.2) is 48.8 Å². The molecule has 0 spiro atoms. The zero-order valence-electron chi connectivity index (χ0n) is 11.9. The lowest BCUT2D eigenvalue weighted by molar-refractivity contribution is -0.114. The molecule has 0 atom stereocenters. The molecule has 22 heavy (non-hydrogen) atoms. The standard InChI is InChI=1S/C16H13N5O/c1-10(22)18-16-19-15-5-3-13(9-21(15)20-16)11-2-4-14-12(8-11)6-7-17-14/h2-9,17H,1H3,(H,18,20,22). The molecule has 4 aromatic rings. The number of aromatic amines is 1. The number of anilines is 1. The molecule has 0 aliphatic carbocycles. The fraction of sp³-hybridized carbons (Fsp3) is 0.0625. The van der Waals surface area contributed by atoms with Crippen LogP contribution in [0.1, 0.15) is 6.92 Å². The van der Waals surface area contributed by atoms with E-state index in [9.17, 15) is 4.79 Å². The number of H-pyrrole nitrogens is 1. The van der Waals surface area contributed by atoms with Crippen molar-refractivity contribution >= 4 is 28.4 Å². The number of nitrogens with one attached hydrogen (secondary N) is 2. The van der Waals surface area contributed by atoms with Gasteiger partial charge in [0.15, 0.2) is 5.65 Å². The Balaban J connectivity index is 1.79. The summed E-state index contributed by atoms with van der Waals surface area (Å²) in [6.45, 7) is 1.43. The van der Waals surface area contributed by atoms with Gasteiger partial charge in [0.25, 0.3) is 0 Å². The van der Waals surface area contributed by atoms with Gasteiger partial charge in [-0.2, -0.15) is 4.98 Å². The van der Waals surface area contributed by atoms with Crippen LogP contribution in [0, 0.1) is 0 Å². The third kappa shape index (κ3) is 2.10. The lowest BCUT2D eigenvalue weighted by atomic mass is 10.1. The van der Waals surface area contributed by atoms with Gasteiger partial charge in [-0.25, -0.2) is 4.52 Å². The lowest BCUT2D eigenvalue weighted by Gasteiger charge is -2.02. The third-order valence-electron chi connectivity index (χ3n) is 3.51. The van der Waals surface area contributed by atoms with Gasteiger partial charge in [0.1, 0.15) is 0 Å². The molecule has 0 unspecified atom stereocenters. The Bertz CT molecular complexity index is 998. The van der Waals surface area contributed by atoms with E-state index in [1.54, 1.807) is 4.52 Å². The van der Waals surface area contributed by atoms with Crippen LogP contribution in [0.5, 0.6) is 0 Å². The van der Waals surface area contributed by atoms with Gasteiger partial charge in [-0.3, -0.25) is 10.1 Å². The van der Waals surface area contributed by atoms with E-state index >= 15 is 0 Å². The summed E-state index contributed by atoms with van der Waals surface area (Å²) in [6, 6.07) is 12.2. The molecule has 6 heteroatoms. The predicted octanol–water partition coefficient (Wildman–Crippen LogP) is 2.84. The number of hydrogen-bond donors (Lipinski definition) is 2. The van der Waals surface area contributed by atoms with Crippen LogP contribution >= 0.6 is 0 Å². The Morgan fingerprint density at radius 3 is 2.91 bits per heavy atom. The van der Waals surface area contributed by atoms with Gasteiger partial charge < -0.3 is 4.98 Å². The van der Waals surface area contributed by atoms with Gasteiger partial charge in [0.05, 0.1) is 0 Å². The zero-order valence-corrected chi connectivity index (χ0v) is 11.9. The second-order valence-electron chi connectivity index (χ2n) is 5.12. The molecule has 3 aromatic heterocycles. The van der Waals surface area contributed by atoms with Crippen LogP contribution in [0.2, 0.25) is 0 Å². The van der Waals surface area contributed by atoms with E-state index in [1.807, 2.05) is 30.6 Å². The van der Waals surface area contributed by atoms with Gasteiger partial charge >= 0.3 is 0 Å². The number of pyridine rings is 1. The smallest absolute Gasteiger partial charge is 0.249 e. The number of rotatable bonds is 2. The van der Waals surface area contributed by atoms with Crippen molar-refractivity contribution in [3.8, 4) is 11.1 Å². The van der Waals surface area contributed by atoms with Crippen LogP contribution in [0.3, 0.4) is 0 Å². The highest BCUT2D eigenvalue weighted by molar-refractivity contribution is 5.87. The molecule has 1 amide bonds. The molecule has 0 radical (unpaired) electrons. The van der Waals surface area contributed by atoms with Crippen molar-refractivity contribution in [2.75, 3.05) is 5.32 Å². The molecule has 0 bridgehead atoms. The molecule has 108 valence electrons. The number of aromatic nitrogens is 4. The summed E-state index contributed by atoms with van der Waals surface area (Å²) in [5, 5.41) is 8.01. The maximum absolute atomic E-state index is 11.1. The fourth-order valence-electron chi connectivity index (χ4n) is 2.50. The first-order valence-corrected chi connectivity index (χ1v) is 6.90. The molecule has 0 aliphatic heterocycles. The molecular weight excluding hydrogens is 278 g/mol. The maximum Gasteiger partial charge on any atom is 0.249 e. The molecule has 0 saturated heterocycles. The van der Waals surface area contributed by atoms with Gasteiger partial charge in [0.2, 0.25) is 11.9 Å². The SMILES string of the molecule is CC(=O)Nc1nc2ccc(-c3ccc4[nH]ccc4c3)cn2n1. The number of benzene rings is 1. The van der Waals surface area contributed by atoms with Gasteiger partial charge in [0, 0.05) is 30.4 Å². The topological polar surface area (TPSA) is 75.1 Å². The third-order valence-corrected chi connectivity index (χ3v) is 3.51. The Hall–Kier alpha value is -3.15. The van der Waals surface area contributed by atoms with E-state index in [0.29, 0.717) is 11.6 Å². The first-order chi connectivity index (χ1) is 10.7. The van der Waals surface area contributed by atoms with Crippen LogP contribution in [-0.2, 0) is 4.79 Å². The second kappa shape index (κ2) is 4.70. The highest BCUT2D eigenvalue weighted by Gasteiger charge is 2.07. The fourth-order valence-corrected chi connectivity index (χ4v) is 2.50. The Kier molecular flexibility index (Phi) is 2.69. The second-order valence-corrected chi connectivity index (χ2v) is 5.12. The first-order valence-electron chi connectivity index (χ1n) is 6.90. The Morgan fingerprint density at radius 2 is 2.05 bits per heavy atom. The largest absolute Gasteiger partial charge is 0.361 e. The molecule has 3 heterocycles. The van der Waals surface area contributed by atoms with E-state index in [1.165, 1.54) is 6.92 Å². The van der Waals surface area contributed by atoms with E-state index in [-0.39, 0.29) is 5.91 Å². The number of carbonyl (C=O) groups excluding carboxylic acids is 1. The highest BCUT2D eigenvalue weighted by atomic mass is 16.1. The van der Waals surface area contributed by atoms with Gasteiger partial charge in [-0.15, -0.1) is 5.10 Å². The minimum absolute atomic E-state index is 0.186. The van der Waals surface area contributed by atoms with Crippen LogP contribution in [0.4, 0.5) is 5.95 Å². The summed E-state index contributed by atoms with van der Waals surface area (Å²) in [5.74, 6) is 0.125. The van der Waals surface area contributed by atoms with E-state index in [2.05, 4.69) is 38.6 Å². The molecular formula is C16H13N5O. The summed E-state index contributed by atoms with van der Waals surface area (Å²) >= 11 is 0. The first kappa shape index (κ1) is 12.6. The quantitative estimate of drug-likeness (QED) is 0.596. The number of fused-ring (bicyclic) bond motifs is 2. The van der Waals surface area contributed by atoms with Crippen molar-refractivity contribution in [3.63, 3.8) is 0 Å². The Labute approximate surface area is 125 Å². The maximum atomic E-state index is 11.1. The highest BCUT2D eigenvalue weighted by Crippen LogP contribution is 2.24. The van der Waals surface area contributed by atoms with Crippen molar-refractivity contribution in [1.82, 2.24) is 19.6 Å². The molecule has 1 aromatic carbocycles. The van der Waals surface area contributed by atoms with Crippen LogP contribution in [-0.4, -0.2) is 25.5 Å². The van der Waals surface area contributed by atoms with E-state index in [4.69, 9.17) is 0 Å². The molecule has 6 nitrogen and oxygen atoms in total. The minimum atomic E-state index is -0.186. The minimum Gasteiger partial charge on any atom is -0.361 e. The molecule has 0 saturated carbocycles. The number of carbonyl (C=O) groups is 1. The zero-order chi connectivity index (χ0) is 15.1. The average molecular weight is 291 g/mol. The normalized spacial score (nSPS) is 11.1. The molecule has 2 N–H and O–H groups in total. The summed E-state index contributed by atoms with van der Waals surface area (Å²) < 4.78 is 1.67. The van der Waals surface area contributed by atoms with Crippen LogP contribution in [0.25, 0.3) is 27.7 Å². The van der Waals surface area contributed by atoms with Gasteiger partial charge in [-0.05, 0) is 41.3 Å². The van der Waals surface area contributed by atoms with Crippen molar-refractivity contribution in [2.45, 2.75) is 6.92 Å². The summed E-state index contributed by atoms with van der Waals surface area (Å²) in [4.78, 5) is 18.5. The van der Waals surface area contributed by atoms with Crippen molar-refractivity contribution in [2.24, 2.45) is 0 Å². The molecule has 0 aliphatic rings. The van der Waals surface area contributed by atoms with Crippen molar-refractivity contribution in [3.05, 3.63) is 48.8 Å². The average Bonchev–Trinajstić information content (AvgIpc) is 3.10. The van der Waals surface area contributed by atoms with Crippen LogP contribution < -0.4 is 5.32 Å². The van der Waals surface area contributed by atoms with E-state index < -0.39 is 0 Å². The van der Waals surface area contributed by atoms with E-state index in [0.717, 1.165) is 22.0 Å². The number of amides is 1. The van der Waals surface area contributed by atoms with Crippen molar-refractivity contribution < 1.29 is 4.79 Å². The van der Waals surface area contributed by atoms with Gasteiger partial charge in [-0.1, -0.05) is 6.07 Å². The molecule has 4 rings (SSSR count). The summed E-state index contributed by atoms with van der Waals surface area (Å²) in [6.07, 6.45) is 3.83. The lowest BCUT2D eigenvalue weighted by Crippen LogP contribution is -2.07. The Morgan fingerprint density at radius 1 is 1.18 bits per heavy atom. The predicted molar refractivity (Wildman–Crippen MR) is 84.6 cm³/mol. The molecule has 0 fully saturated rings.